The zero-order chi connectivity index (χ0) is 14.0. The number of hydrogen-bond donors (Lipinski definition) is 2. The van der Waals surface area contributed by atoms with E-state index in [0.717, 1.165) is 29.5 Å². The highest BCUT2D eigenvalue weighted by molar-refractivity contribution is 7.15. The maximum atomic E-state index is 13.6. The van der Waals surface area contributed by atoms with Gasteiger partial charge in [-0.3, -0.25) is 4.79 Å². The van der Waals surface area contributed by atoms with Gasteiger partial charge in [0.1, 0.15) is 11.6 Å². The van der Waals surface area contributed by atoms with Crippen molar-refractivity contribution in [3.8, 4) is 10.4 Å². The van der Waals surface area contributed by atoms with Crippen LogP contribution in [0.2, 0.25) is 0 Å². The lowest BCUT2D eigenvalue weighted by molar-refractivity contribution is -0.137. The summed E-state index contributed by atoms with van der Waals surface area (Å²) in [5, 5.41) is 8.66. The minimum atomic E-state index is -1.00. The second-order valence-electron chi connectivity index (χ2n) is 4.03. The van der Waals surface area contributed by atoms with Gasteiger partial charge in [-0.05, 0) is 30.3 Å². The Morgan fingerprint density at radius 1 is 1.32 bits per heavy atom. The average Bonchev–Trinajstić information content (AvgIpc) is 2.80. The molecular formula is C13H11F2NO2S. The number of halogens is 2. The number of hydrogen-bond acceptors (Lipinski definition) is 3. The van der Waals surface area contributed by atoms with Crippen LogP contribution in [0.15, 0.2) is 30.3 Å². The summed E-state index contributed by atoms with van der Waals surface area (Å²) in [5.41, 5.74) is 5.87. The van der Waals surface area contributed by atoms with Crippen LogP contribution < -0.4 is 5.73 Å². The van der Waals surface area contributed by atoms with Gasteiger partial charge in [-0.2, -0.15) is 0 Å². The monoisotopic (exact) mass is 283 g/mol. The Hall–Kier alpha value is -1.79. The van der Waals surface area contributed by atoms with Crippen molar-refractivity contribution in [3.63, 3.8) is 0 Å². The number of aliphatic carboxylic acids is 1. The Morgan fingerprint density at radius 2 is 2.05 bits per heavy atom. The molecule has 0 radical (unpaired) electrons. The Kier molecular flexibility index (Phi) is 3.92. The van der Waals surface area contributed by atoms with E-state index in [9.17, 15) is 13.6 Å². The van der Waals surface area contributed by atoms with Crippen molar-refractivity contribution in [1.29, 1.82) is 0 Å². The van der Waals surface area contributed by atoms with Crippen LogP contribution in [0.4, 0.5) is 8.78 Å². The molecule has 3 N–H and O–H groups in total. The van der Waals surface area contributed by atoms with Crippen molar-refractivity contribution in [1.82, 2.24) is 0 Å². The summed E-state index contributed by atoms with van der Waals surface area (Å²) in [6, 6.07) is 5.81. The molecule has 0 aliphatic rings. The molecule has 0 bridgehead atoms. The smallest absolute Gasteiger partial charge is 0.305 e. The molecule has 0 amide bonds. The van der Waals surface area contributed by atoms with Crippen LogP contribution in [-0.2, 0) is 4.79 Å². The molecule has 1 aromatic heterocycles. The van der Waals surface area contributed by atoms with E-state index >= 15 is 0 Å². The first-order valence-electron chi connectivity index (χ1n) is 5.50. The predicted molar refractivity (Wildman–Crippen MR) is 68.9 cm³/mol. The number of carboxylic acids is 1. The van der Waals surface area contributed by atoms with Gasteiger partial charge in [-0.25, -0.2) is 8.78 Å². The normalized spacial score (nSPS) is 12.4. The van der Waals surface area contributed by atoms with Crippen LogP contribution in [0.5, 0.6) is 0 Å². The molecule has 19 heavy (non-hydrogen) atoms. The predicted octanol–water partition coefficient (Wildman–Crippen LogP) is 3.17. The summed E-state index contributed by atoms with van der Waals surface area (Å²) in [6.07, 6.45) is -0.203. The lowest BCUT2D eigenvalue weighted by atomic mass is 10.1. The van der Waals surface area contributed by atoms with Crippen molar-refractivity contribution in [2.75, 3.05) is 0 Å². The number of nitrogens with two attached hydrogens (primary N) is 1. The van der Waals surface area contributed by atoms with Crippen molar-refractivity contribution in [3.05, 3.63) is 46.8 Å². The summed E-state index contributed by atoms with van der Waals surface area (Å²) >= 11 is 1.16. The lowest BCUT2D eigenvalue weighted by Gasteiger charge is -2.05. The number of benzene rings is 1. The Balaban J connectivity index is 2.30. The highest BCUT2D eigenvalue weighted by atomic mass is 32.1. The first kappa shape index (κ1) is 13.6. The van der Waals surface area contributed by atoms with Gasteiger partial charge in [0.25, 0.3) is 0 Å². The molecule has 2 aromatic rings. The number of carbonyl (C=O) groups is 1. The Bertz CT molecular complexity index is 612. The molecule has 1 heterocycles. The van der Waals surface area contributed by atoms with Crippen molar-refractivity contribution in [2.45, 2.75) is 12.5 Å². The fourth-order valence-corrected chi connectivity index (χ4v) is 2.70. The van der Waals surface area contributed by atoms with Gasteiger partial charge < -0.3 is 10.8 Å². The summed E-state index contributed by atoms with van der Waals surface area (Å²) in [7, 11) is 0. The van der Waals surface area contributed by atoms with Crippen LogP contribution in [0, 0.1) is 11.6 Å². The average molecular weight is 283 g/mol. The summed E-state index contributed by atoms with van der Waals surface area (Å²) in [5.74, 6) is -2.05. The van der Waals surface area contributed by atoms with Gasteiger partial charge in [0.2, 0.25) is 0 Å². The van der Waals surface area contributed by atoms with Crippen LogP contribution in [0.1, 0.15) is 17.3 Å². The van der Waals surface area contributed by atoms with Crippen LogP contribution in [0.25, 0.3) is 10.4 Å². The molecule has 1 atom stereocenters. The second-order valence-corrected chi connectivity index (χ2v) is 5.15. The first-order valence-corrected chi connectivity index (χ1v) is 6.31. The van der Waals surface area contributed by atoms with Gasteiger partial charge in [-0.15, -0.1) is 11.3 Å². The fraction of sp³-hybridized carbons (Fsp3) is 0.154. The lowest BCUT2D eigenvalue weighted by Crippen LogP contribution is -2.13. The molecule has 1 aromatic carbocycles. The summed E-state index contributed by atoms with van der Waals surface area (Å²) < 4.78 is 26.7. The first-order chi connectivity index (χ1) is 8.97. The van der Waals surface area contributed by atoms with Gasteiger partial charge in [0.05, 0.1) is 6.42 Å². The van der Waals surface area contributed by atoms with E-state index in [0.29, 0.717) is 9.75 Å². The number of carboxylic acid groups (broad SMARTS) is 1. The Morgan fingerprint density at radius 3 is 2.74 bits per heavy atom. The minimum Gasteiger partial charge on any atom is -0.481 e. The van der Waals surface area contributed by atoms with E-state index in [2.05, 4.69) is 0 Å². The molecule has 6 heteroatoms. The molecular weight excluding hydrogens is 272 g/mol. The van der Waals surface area contributed by atoms with E-state index in [4.69, 9.17) is 10.8 Å². The van der Waals surface area contributed by atoms with Crippen molar-refractivity contribution < 1.29 is 18.7 Å². The third-order valence-corrected chi connectivity index (χ3v) is 3.83. The van der Waals surface area contributed by atoms with E-state index in [1.54, 1.807) is 12.1 Å². The maximum absolute atomic E-state index is 13.6. The molecule has 0 saturated carbocycles. The highest BCUT2D eigenvalue weighted by Crippen LogP contribution is 2.33. The maximum Gasteiger partial charge on any atom is 0.305 e. The molecule has 0 saturated heterocycles. The minimum absolute atomic E-state index is 0.152. The third-order valence-electron chi connectivity index (χ3n) is 2.58. The molecule has 0 fully saturated rings. The standard InChI is InChI=1S/C13H11F2NO2S/c14-7-1-2-9(15)8(5-7)11-3-4-12(19-11)10(16)6-13(17)18/h1-5,10H,6,16H2,(H,17,18). The van der Waals surface area contributed by atoms with Gasteiger partial charge >= 0.3 is 5.97 Å². The quantitative estimate of drug-likeness (QED) is 0.906. The molecule has 2 rings (SSSR count). The Labute approximate surface area is 112 Å². The van der Waals surface area contributed by atoms with Gasteiger partial charge in [0.15, 0.2) is 0 Å². The third kappa shape index (κ3) is 3.15. The number of rotatable bonds is 4. The van der Waals surface area contributed by atoms with E-state index in [1.165, 1.54) is 0 Å². The second kappa shape index (κ2) is 5.46. The molecule has 0 aliphatic heterocycles. The van der Waals surface area contributed by atoms with E-state index in [-0.39, 0.29) is 12.0 Å². The van der Waals surface area contributed by atoms with E-state index in [1.807, 2.05) is 0 Å². The van der Waals surface area contributed by atoms with Gasteiger partial charge in [-0.1, -0.05) is 0 Å². The zero-order valence-corrected chi connectivity index (χ0v) is 10.6. The largest absolute Gasteiger partial charge is 0.481 e. The highest BCUT2D eigenvalue weighted by Gasteiger charge is 2.15. The number of thiophene rings is 1. The SMILES string of the molecule is NC(CC(=O)O)c1ccc(-c2cc(F)ccc2F)s1. The van der Waals surface area contributed by atoms with Crippen LogP contribution >= 0.6 is 11.3 Å². The summed E-state index contributed by atoms with van der Waals surface area (Å²) in [4.78, 5) is 11.7. The molecule has 0 aliphatic carbocycles. The van der Waals surface area contributed by atoms with Crippen molar-refractivity contribution >= 4 is 17.3 Å². The molecule has 1 unspecified atom stereocenters. The summed E-state index contributed by atoms with van der Waals surface area (Å²) in [6.45, 7) is 0. The van der Waals surface area contributed by atoms with Crippen LogP contribution in [0.3, 0.4) is 0 Å². The van der Waals surface area contributed by atoms with Crippen LogP contribution in [-0.4, -0.2) is 11.1 Å². The molecule has 0 spiro atoms. The van der Waals surface area contributed by atoms with Crippen molar-refractivity contribution in [2.24, 2.45) is 5.73 Å². The topological polar surface area (TPSA) is 63.3 Å². The molecule has 100 valence electrons. The fourth-order valence-electron chi connectivity index (χ4n) is 1.67. The van der Waals surface area contributed by atoms with Gasteiger partial charge in [0, 0.05) is 21.4 Å². The van der Waals surface area contributed by atoms with E-state index < -0.39 is 23.6 Å². The zero-order valence-electron chi connectivity index (χ0n) is 9.77. The molecule has 3 nitrogen and oxygen atoms in total.